The summed E-state index contributed by atoms with van der Waals surface area (Å²) in [6, 6.07) is 6.89. The van der Waals surface area contributed by atoms with Crippen molar-refractivity contribution in [1.82, 2.24) is 0 Å². The van der Waals surface area contributed by atoms with Crippen molar-refractivity contribution in [3.05, 3.63) is 24.3 Å². The number of amides is 1. The van der Waals surface area contributed by atoms with Crippen LogP contribution in [0.5, 0.6) is 5.75 Å². The van der Waals surface area contributed by atoms with Gasteiger partial charge in [0.15, 0.2) is 9.84 Å². The SMILES string of the molecule is CCC(CC)(CN)C(=O)Nc1cccc(OCCS(C)(=O)=O)c1.Cl. The molecule has 0 unspecified atom stereocenters. The van der Waals surface area contributed by atoms with Crippen molar-refractivity contribution < 1.29 is 17.9 Å². The van der Waals surface area contributed by atoms with Crippen LogP contribution in [0.1, 0.15) is 26.7 Å². The first-order valence-corrected chi connectivity index (χ1v) is 9.74. The van der Waals surface area contributed by atoms with Crippen molar-refractivity contribution >= 4 is 33.8 Å². The van der Waals surface area contributed by atoms with E-state index in [0.717, 1.165) is 6.26 Å². The molecule has 0 aliphatic rings. The molecule has 0 aliphatic carbocycles. The molecule has 0 aliphatic heterocycles. The van der Waals surface area contributed by atoms with Crippen LogP contribution in [-0.4, -0.2) is 39.5 Å². The predicted octanol–water partition coefficient (Wildman–Crippen LogP) is 2.24. The zero-order valence-electron chi connectivity index (χ0n) is 14.4. The van der Waals surface area contributed by atoms with Gasteiger partial charge < -0.3 is 15.8 Å². The Morgan fingerprint density at radius 2 is 1.92 bits per heavy atom. The van der Waals surface area contributed by atoms with Gasteiger partial charge in [0.2, 0.25) is 5.91 Å². The second-order valence-electron chi connectivity index (χ2n) is 5.65. The second kappa shape index (κ2) is 9.86. The number of carbonyl (C=O) groups excluding carboxylic acids is 1. The molecule has 1 aromatic carbocycles. The zero-order valence-corrected chi connectivity index (χ0v) is 16.0. The van der Waals surface area contributed by atoms with Crippen LogP contribution in [0.15, 0.2) is 24.3 Å². The second-order valence-corrected chi connectivity index (χ2v) is 7.91. The van der Waals surface area contributed by atoms with E-state index < -0.39 is 15.3 Å². The number of nitrogens with two attached hydrogens (primary N) is 1. The molecule has 0 bridgehead atoms. The highest BCUT2D eigenvalue weighted by Crippen LogP contribution is 2.27. The van der Waals surface area contributed by atoms with Crippen LogP contribution >= 0.6 is 12.4 Å². The molecular formula is C16H27ClN2O4S. The van der Waals surface area contributed by atoms with Gasteiger partial charge in [-0.3, -0.25) is 4.79 Å². The normalized spacial score (nSPS) is 11.5. The lowest BCUT2D eigenvalue weighted by molar-refractivity contribution is -0.125. The Morgan fingerprint density at radius 3 is 2.42 bits per heavy atom. The van der Waals surface area contributed by atoms with Gasteiger partial charge in [0, 0.05) is 24.6 Å². The molecule has 8 heteroatoms. The Balaban J connectivity index is 0.00000529. The van der Waals surface area contributed by atoms with E-state index in [0.29, 0.717) is 24.3 Å². The topological polar surface area (TPSA) is 98.5 Å². The highest BCUT2D eigenvalue weighted by Gasteiger charge is 2.33. The number of ether oxygens (including phenoxy) is 1. The van der Waals surface area contributed by atoms with E-state index >= 15 is 0 Å². The summed E-state index contributed by atoms with van der Waals surface area (Å²) in [4.78, 5) is 12.5. The Kier molecular flexibility index (Phi) is 9.32. The van der Waals surface area contributed by atoms with Gasteiger partial charge in [0.05, 0.1) is 11.2 Å². The maximum absolute atomic E-state index is 12.5. The summed E-state index contributed by atoms with van der Waals surface area (Å²) in [5.74, 6) is 0.349. The van der Waals surface area contributed by atoms with Gasteiger partial charge in [0.25, 0.3) is 0 Å². The van der Waals surface area contributed by atoms with Gasteiger partial charge in [-0.1, -0.05) is 19.9 Å². The fourth-order valence-electron chi connectivity index (χ4n) is 2.19. The van der Waals surface area contributed by atoms with E-state index in [1.54, 1.807) is 24.3 Å². The molecule has 6 nitrogen and oxygen atoms in total. The Hall–Kier alpha value is -1.31. The third kappa shape index (κ3) is 6.67. The number of carbonyl (C=O) groups is 1. The largest absolute Gasteiger partial charge is 0.492 e. The molecule has 0 saturated heterocycles. The quantitative estimate of drug-likeness (QED) is 0.686. The number of nitrogens with one attached hydrogen (secondary N) is 1. The highest BCUT2D eigenvalue weighted by atomic mass is 35.5. The van der Waals surface area contributed by atoms with E-state index in [4.69, 9.17) is 10.5 Å². The lowest BCUT2D eigenvalue weighted by atomic mass is 9.81. The van der Waals surface area contributed by atoms with E-state index in [1.165, 1.54) is 0 Å². The van der Waals surface area contributed by atoms with Crippen LogP contribution in [0.25, 0.3) is 0 Å². The molecule has 0 radical (unpaired) electrons. The van der Waals surface area contributed by atoms with E-state index in [2.05, 4.69) is 5.32 Å². The maximum Gasteiger partial charge on any atom is 0.231 e. The molecule has 1 rings (SSSR count). The summed E-state index contributed by atoms with van der Waals surface area (Å²) in [5.41, 5.74) is 5.80. The number of hydrogen-bond acceptors (Lipinski definition) is 5. The fraction of sp³-hybridized carbons (Fsp3) is 0.562. The molecule has 138 valence electrons. The third-order valence-corrected chi connectivity index (χ3v) is 4.95. The number of rotatable bonds is 9. The molecule has 0 spiro atoms. The first-order valence-electron chi connectivity index (χ1n) is 7.68. The number of halogens is 1. The van der Waals surface area contributed by atoms with Crippen molar-refractivity contribution in [1.29, 1.82) is 0 Å². The molecule has 0 heterocycles. The van der Waals surface area contributed by atoms with Crippen LogP contribution in [-0.2, 0) is 14.6 Å². The van der Waals surface area contributed by atoms with Crippen LogP contribution in [0, 0.1) is 5.41 Å². The number of benzene rings is 1. The van der Waals surface area contributed by atoms with Gasteiger partial charge in [-0.15, -0.1) is 12.4 Å². The van der Waals surface area contributed by atoms with Gasteiger partial charge in [-0.05, 0) is 25.0 Å². The van der Waals surface area contributed by atoms with Crippen LogP contribution in [0.2, 0.25) is 0 Å². The highest BCUT2D eigenvalue weighted by molar-refractivity contribution is 7.90. The lowest BCUT2D eigenvalue weighted by Crippen LogP contribution is -2.41. The van der Waals surface area contributed by atoms with Crippen molar-refractivity contribution in [2.45, 2.75) is 26.7 Å². The lowest BCUT2D eigenvalue weighted by Gasteiger charge is -2.28. The average Bonchev–Trinajstić information content (AvgIpc) is 2.49. The molecule has 0 atom stereocenters. The minimum Gasteiger partial charge on any atom is -0.492 e. The molecule has 1 amide bonds. The monoisotopic (exact) mass is 378 g/mol. The molecule has 0 aromatic heterocycles. The zero-order chi connectivity index (χ0) is 17.5. The Bertz CT molecular complexity index is 622. The predicted molar refractivity (Wildman–Crippen MR) is 99.6 cm³/mol. The molecular weight excluding hydrogens is 352 g/mol. The summed E-state index contributed by atoms with van der Waals surface area (Å²) in [5, 5.41) is 2.87. The maximum atomic E-state index is 12.5. The molecule has 3 N–H and O–H groups in total. The van der Waals surface area contributed by atoms with Crippen LogP contribution < -0.4 is 15.8 Å². The Labute approximate surface area is 150 Å². The van der Waals surface area contributed by atoms with Gasteiger partial charge >= 0.3 is 0 Å². The van der Waals surface area contributed by atoms with E-state index in [1.807, 2.05) is 13.8 Å². The summed E-state index contributed by atoms with van der Waals surface area (Å²) < 4.78 is 27.6. The first-order chi connectivity index (χ1) is 10.8. The average molecular weight is 379 g/mol. The standard InChI is InChI=1S/C16H26N2O4S.ClH/c1-4-16(5-2,12-17)15(19)18-13-7-6-8-14(11-13)22-9-10-23(3,20)21;/h6-8,11H,4-5,9-10,12,17H2,1-3H3,(H,18,19);1H. The van der Waals surface area contributed by atoms with Gasteiger partial charge in [0.1, 0.15) is 12.4 Å². The van der Waals surface area contributed by atoms with Crippen molar-refractivity contribution in [3.63, 3.8) is 0 Å². The van der Waals surface area contributed by atoms with Crippen molar-refractivity contribution in [2.75, 3.05) is 30.5 Å². The molecule has 24 heavy (non-hydrogen) atoms. The first kappa shape index (κ1) is 22.7. The Morgan fingerprint density at radius 1 is 1.29 bits per heavy atom. The summed E-state index contributed by atoms with van der Waals surface area (Å²) in [7, 11) is -3.06. The number of sulfone groups is 1. The minimum atomic E-state index is -3.06. The van der Waals surface area contributed by atoms with Crippen LogP contribution in [0.4, 0.5) is 5.69 Å². The van der Waals surface area contributed by atoms with Crippen LogP contribution in [0.3, 0.4) is 0 Å². The third-order valence-electron chi connectivity index (χ3n) is 4.04. The summed E-state index contributed by atoms with van der Waals surface area (Å²) in [6.07, 6.45) is 2.49. The van der Waals surface area contributed by atoms with Gasteiger partial charge in [-0.25, -0.2) is 8.42 Å². The van der Waals surface area contributed by atoms with Crippen molar-refractivity contribution in [3.8, 4) is 5.75 Å². The minimum absolute atomic E-state index is 0. The summed E-state index contributed by atoms with van der Waals surface area (Å²) >= 11 is 0. The van der Waals surface area contributed by atoms with E-state index in [-0.39, 0.29) is 37.2 Å². The molecule has 0 fully saturated rings. The molecule has 0 saturated carbocycles. The smallest absolute Gasteiger partial charge is 0.231 e. The fourth-order valence-corrected chi connectivity index (χ4v) is 2.58. The van der Waals surface area contributed by atoms with Gasteiger partial charge in [-0.2, -0.15) is 0 Å². The van der Waals surface area contributed by atoms with Crippen molar-refractivity contribution in [2.24, 2.45) is 11.1 Å². The number of anilines is 1. The van der Waals surface area contributed by atoms with E-state index in [9.17, 15) is 13.2 Å². The summed E-state index contributed by atoms with van der Waals surface area (Å²) in [6.45, 7) is 4.25. The molecule has 1 aromatic rings. The number of hydrogen-bond donors (Lipinski definition) is 2.